The molecule has 9 heteroatoms. The van der Waals surface area contributed by atoms with Crippen LogP contribution in [0.4, 0.5) is 14.5 Å². The van der Waals surface area contributed by atoms with Crippen molar-refractivity contribution in [2.45, 2.75) is 13.5 Å². The minimum Gasteiger partial charge on any atom is -0.452 e. The number of alkyl halides is 2. The third-order valence-corrected chi connectivity index (χ3v) is 3.78. The number of amides is 2. The normalized spacial score (nSPS) is 10.4. The molecule has 0 unspecified atom stereocenters. The first-order valence-electron chi connectivity index (χ1n) is 8.57. The molecule has 2 aromatic carbocycles. The Bertz CT molecular complexity index is 854. The van der Waals surface area contributed by atoms with Gasteiger partial charge in [-0.1, -0.05) is 17.7 Å². The van der Waals surface area contributed by atoms with Crippen LogP contribution in [0.25, 0.3) is 0 Å². The van der Waals surface area contributed by atoms with Gasteiger partial charge in [-0.05, 0) is 43.3 Å². The van der Waals surface area contributed by atoms with Gasteiger partial charge in [-0.3, -0.25) is 9.59 Å². The molecule has 0 radical (unpaired) electrons. The number of aryl methyl sites for hydroxylation is 1. The van der Waals surface area contributed by atoms with Gasteiger partial charge in [-0.2, -0.15) is 8.78 Å². The molecule has 0 saturated carbocycles. The predicted molar refractivity (Wildman–Crippen MR) is 101 cm³/mol. The number of carbonyl (C=O) groups is 3. The zero-order valence-electron chi connectivity index (χ0n) is 15.9. The van der Waals surface area contributed by atoms with E-state index in [2.05, 4.69) is 10.1 Å². The molecular weight excluding hydrogens is 386 g/mol. The zero-order chi connectivity index (χ0) is 21.4. The molecule has 0 aliphatic rings. The Kier molecular flexibility index (Phi) is 7.64. The van der Waals surface area contributed by atoms with Gasteiger partial charge in [0.25, 0.3) is 5.91 Å². The van der Waals surface area contributed by atoms with Crippen molar-refractivity contribution in [1.82, 2.24) is 4.90 Å². The molecule has 2 rings (SSSR count). The molecule has 0 saturated heterocycles. The third kappa shape index (κ3) is 7.21. The summed E-state index contributed by atoms with van der Waals surface area (Å²) in [6.07, 6.45) is 0. The van der Waals surface area contributed by atoms with Gasteiger partial charge in [0.2, 0.25) is 5.91 Å². The smallest absolute Gasteiger partial charge is 0.387 e. The van der Waals surface area contributed by atoms with E-state index in [0.29, 0.717) is 5.69 Å². The highest BCUT2D eigenvalue weighted by Crippen LogP contribution is 2.15. The van der Waals surface area contributed by atoms with Gasteiger partial charge in [0.05, 0.1) is 12.1 Å². The number of nitrogens with one attached hydrogen (secondary N) is 1. The van der Waals surface area contributed by atoms with E-state index in [1.54, 1.807) is 12.1 Å². The highest BCUT2D eigenvalue weighted by molar-refractivity contribution is 5.95. The van der Waals surface area contributed by atoms with Crippen LogP contribution in [0.15, 0.2) is 48.5 Å². The Labute approximate surface area is 166 Å². The van der Waals surface area contributed by atoms with Crippen LogP contribution in [-0.2, 0) is 14.3 Å². The lowest BCUT2D eigenvalue weighted by atomic mass is 10.2. The Hall–Kier alpha value is -3.49. The van der Waals surface area contributed by atoms with Crippen LogP contribution in [0.2, 0.25) is 0 Å². The highest BCUT2D eigenvalue weighted by atomic mass is 19.3. The minimum atomic E-state index is -2.97. The van der Waals surface area contributed by atoms with Gasteiger partial charge >= 0.3 is 12.6 Å². The van der Waals surface area contributed by atoms with Crippen molar-refractivity contribution in [3.05, 3.63) is 59.7 Å². The van der Waals surface area contributed by atoms with Gasteiger partial charge in [0.1, 0.15) is 5.75 Å². The van der Waals surface area contributed by atoms with E-state index in [1.165, 1.54) is 31.3 Å². The lowest BCUT2D eigenvalue weighted by molar-refractivity contribution is -0.136. The van der Waals surface area contributed by atoms with Crippen LogP contribution < -0.4 is 10.1 Å². The molecule has 0 atom stereocenters. The average molecular weight is 406 g/mol. The number of rotatable bonds is 8. The van der Waals surface area contributed by atoms with E-state index in [9.17, 15) is 23.2 Å². The second-order valence-electron chi connectivity index (χ2n) is 6.14. The van der Waals surface area contributed by atoms with Crippen molar-refractivity contribution < 1.29 is 32.6 Å². The molecule has 2 amide bonds. The highest BCUT2D eigenvalue weighted by Gasteiger charge is 2.16. The van der Waals surface area contributed by atoms with Gasteiger partial charge in [0, 0.05) is 12.7 Å². The summed E-state index contributed by atoms with van der Waals surface area (Å²) in [5.41, 5.74) is 1.72. The summed E-state index contributed by atoms with van der Waals surface area (Å²) in [6.45, 7) is -1.83. The average Bonchev–Trinajstić information content (AvgIpc) is 2.67. The van der Waals surface area contributed by atoms with Gasteiger partial charge in [-0.15, -0.1) is 0 Å². The standard InChI is InChI=1S/C20H20F2N2O5/c1-13-3-7-15(8-4-13)23-17(25)11-24(2)18(26)12-28-19(27)14-5-9-16(10-6-14)29-20(21)22/h3-10,20H,11-12H2,1-2H3,(H,23,25). The fourth-order valence-corrected chi connectivity index (χ4v) is 2.23. The summed E-state index contributed by atoms with van der Waals surface area (Å²) in [7, 11) is 1.40. The molecular formula is C20H20F2N2O5. The number of anilines is 1. The number of nitrogens with zero attached hydrogens (tertiary/aromatic N) is 1. The maximum atomic E-state index is 12.1. The summed E-state index contributed by atoms with van der Waals surface area (Å²) in [4.78, 5) is 37.1. The SMILES string of the molecule is Cc1ccc(NC(=O)CN(C)C(=O)COC(=O)c2ccc(OC(F)F)cc2)cc1. The molecule has 2 aromatic rings. The van der Waals surface area contributed by atoms with E-state index in [-0.39, 0.29) is 17.9 Å². The van der Waals surface area contributed by atoms with Crippen LogP contribution >= 0.6 is 0 Å². The lowest BCUT2D eigenvalue weighted by Gasteiger charge is -2.17. The first kappa shape index (κ1) is 21.8. The van der Waals surface area contributed by atoms with Gasteiger partial charge in [-0.25, -0.2) is 4.79 Å². The second kappa shape index (κ2) is 10.2. The first-order valence-corrected chi connectivity index (χ1v) is 8.57. The molecule has 0 bridgehead atoms. The van der Waals surface area contributed by atoms with Crippen molar-refractivity contribution in [2.24, 2.45) is 0 Å². The summed E-state index contributed by atoms with van der Waals surface area (Å²) in [5.74, 6) is -1.88. The topological polar surface area (TPSA) is 84.9 Å². The molecule has 0 aliphatic heterocycles. The second-order valence-corrected chi connectivity index (χ2v) is 6.14. The van der Waals surface area contributed by atoms with Crippen molar-refractivity contribution in [3.63, 3.8) is 0 Å². The number of hydrogen-bond donors (Lipinski definition) is 1. The van der Waals surface area contributed by atoms with E-state index < -0.39 is 31.0 Å². The minimum absolute atomic E-state index is 0.0687. The molecule has 154 valence electrons. The molecule has 1 N–H and O–H groups in total. The van der Waals surface area contributed by atoms with E-state index in [0.717, 1.165) is 10.5 Å². The van der Waals surface area contributed by atoms with Crippen molar-refractivity contribution in [2.75, 3.05) is 25.5 Å². The Morgan fingerprint density at radius 2 is 1.66 bits per heavy atom. The summed E-state index contributed by atoms with van der Waals surface area (Å²) in [5, 5.41) is 2.66. The summed E-state index contributed by atoms with van der Waals surface area (Å²) in [6, 6.07) is 12.0. The van der Waals surface area contributed by atoms with E-state index in [4.69, 9.17) is 4.74 Å². The monoisotopic (exact) mass is 406 g/mol. The molecule has 0 fully saturated rings. The maximum Gasteiger partial charge on any atom is 0.387 e. The Morgan fingerprint density at radius 1 is 1.03 bits per heavy atom. The number of carbonyl (C=O) groups excluding carboxylic acids is 3. The number of ether oxygens (including phenoxy) is 2. The zero-order valence-corrected chi connectivity index (χ0v) is 15.9. The van der Waals surface area contributed by atoms with Gasteiger partial charge in [0.15, 0.2) is 6.61 Å². The fraction of sp³-hybridized carbons (Fsp3) is 0.250. The van der Waals surface area contributed by atoms with Crippen molar-refractivity contribution in [3.8, 4) is 5.75 Å². The lowest BCUT2D eigenvalue weighted by Crippen LogP contribution is -2.37. The van der Waals surface area contributed by atoms with E-state index >= 15 is 0 Å². The molecule has 7 nitrogen and oxygen atoms in total. The Morgan fingerprint density at radius 3 is 2.24 bits per heavy atom. The molecule has 0 spiro atoms. The Balaban J connectivity index is 1.79. The van der Waals surface area contributed by atoms with Crippen molar-refractivity contribution >= 4 is 23.5 Å². The summed E-state index contributed by atoms with van der Waals surface area (Å²) >= 11 is 0. The van der Waals surface area contributed by atoms with Crippen LogP contribution in [-0.4, -0.2) is 49.5 Å². The predicted octanol–water partition coefficient (Wildman–Crippen LogP) is 2.85. The van der Waals surface area contributed by atoms with Crippen molar-refractivity contribution in [1.29, 1.82) is 0 Å². The maximum absolute atomic E-state index is 12.1. The quantitative estimate of drug-likeness (QED) is 0.682. The molecule has 29 heavy (non-hydrogen) atoms. The van der Waals surface area contributed by atoms with Crippen LogP contribution in [0.3, 0.4) is 0 Å². The fourth-order valence-electron chi connectivity index (χ4n) is 2.23. The first-order chi connectivity index (χ1) is 13.7. The number of halogens is 2. The van der Waals surface area contributed by atoms with Crippen LogP contribution in [0.1, 0.15) is 15.9 Å². The molecule has 0 aliphatic carbocycles. The van der Waals surface area contributed by atoms with Crippen LogP contribution in [0.5, 0.6) is 5.75 Å². The van der Waals surface area contributed by atoms with Crippen LogP contribution in [0, 0.1) is 6.92 Å². The number of benzene rings is 2. The third-order valence-electron chi connectivity index (χ3n) is 3.78. The number of esters is 1. The van der Waals surface area contributed by atoms with Gasteiger partial charge < -0.3 is 19.7 Å². The number of likely N-dealkylation sites (N-methyl/N-ethyl adjacent to an activating group) is 1. The summed E-state index contributed by atoms with van der Waals surface area (Å²) < 4.78 is 33.3. The molecule has 0 aromatic heterocycles. The van der Waals surface area contributed by atoms with E-state index in [1.807, 2.05) is 19.1 Å². The largest absolute Gasteiger partial charge is 0.452 e. The number of hydrogen-bond acceptors (Lipinski definition) is 5. The molecule has 0 heterocycles.